The van der Waals surface area contributed by atoms with Crippen LogP contribution in [0.1, 0.15) is 5.82 Å². The van der Waals surface area contributed by atoms with Crippen molar-refractivity contribution in [3.05, 3.63) is 95.0 Å². The predicted molar refractivity (Wildman–Crippen MR) is 111 cm³/mol. The second-order valence-corrected chi connectivity index (χ2v) is 6.53. The number of para-hydroxylation sites is 2. The number of hydrogen-bond donors (Lipinski definition) is 1. The lowest BCUT2D eigenvalue weighted by Crippen LogP contribution is -2.30. The number of aromatic nitrogens is 2. The molecule has 5 nitrogen and oxygen atoms in total. The lowest BCUT2D eigenvalue weighted by Gasteiger charge is -2.13. The van der Waals surface area contributed by atoms with Crippen molar-refractivity contribution in [2.24, 2.45) is 0 Å². The summed E-state index contributed by atoms with van der Waals surface area (Å²) >= 11 is 0. The van der Waals surface area contributed by atoms with Crippen LogP contribution in [0.4, 0.5) is 5.69 Å². The van der Waals surface area contributed by atoms with Crippen molar-refractivity contribution in [3.8, 4) is 11.1 Å². The molecule has 0 aliphatic rings. The van der Waals surface area contributed by atoms with Gasteiger partial charge in [-0.25, -0.2) is 4.98 Å². The first-order valence-corrected chi connectivity index (χ1v) is 9.04. The van der Waals surface area contributed by atoms with Gasteiger partial charge in [0.05, 0.1) is 10.9 Å². The highest BCUT2D eigenvalue weighted by Crippen LogP contribution is 2.27. The highest BCUT2D eigenvalue weighted by Gasteiger charge is 2.13. The van der Waals surface area contributed by atoms with Gasteiger partial charge in [-0.2, -0.15) is 0 Å². The Bertz CT molecular complexity index is 1210. The summed E-state index contributed by atoms with van der Waals surface area (Å²) in [5.74, 6) is 0.237. The molecular formula is C23H19N3O2. The van der Waals surface area contributed by atoms with E-state index in [9.17, 15) is 9.59 Å². The molecule has 4 rings (SSSR count). The van der Waals surface area contributed by atoms with Crippen LogP contribution in [-0.2, 0) is 11.3 Å². The van der Waals surface area contributed by atoms with Crippen LogP contribution >= 0.6 is 0 Å². The zero-order valence-corrected chi connectivity index (χ0v) is 15.4. The number of amides is 1. The quantitative estimate of drug-likeness (QED) is 0.591. The maximum absolute atomic E-state index is 12.8. The number of aryl methyl sites for hydroxylation is 1. The molecule has 5 heteroatoms. The van der Waals surface area contributed by atoms with Gasteiger partial charge in [0, 0.05) is 11.3 Å². The first-order chi connectivity index (χ1) is 13.6. The summed E-state index contributed by atoms with van der Waals surface area (Å²) in [5, 5.41) is 3.44. The van der Waals surface area contributed by atoms with Crippen LogP contribution in [0.3, 0.4) is 0 Å². The number of carbonyl (C=O) groups is 1. The molecule has 1 amide bonds. The standard InChI is InChI=1S/C23H19N3O2/c1-16-24-21-14-8-6-12-19(21)23(28)26(16)15-22(27)25-20-13-7-5-11-18(20)17-9-3-2-4-10-17/h2-14H,15H2,1H3,(H,25,27). The third kappa shape index (κ3) is 3.42. The molecule has 4 aromatic rings. The fourth-order valence-electron chi connectivity index (χ4n) is 3.26. The Kier molecular flexibility index (Phi) is 4.72. The van der Waals surface area contributed by atoms with E-state index < -0.39 is 0 Å². The Morgan fingerprint density at radius 2 is 1.61 bits per heavy atom. The van der Waals surface area contributed by atoms with Gasteiger partial charge < -0.3 is 5.32 Å². The zero-order valence-electron chi connectivity index (χ0n) is 15.4. The number of rotatable bonds is 4. The summed E-state index contributed by atoms with van der Waals surface area (Å²) in [4.78, 5) is 29.9. The average molecular weight is 369 g/mol. The Morgan fingerprint density at radius 1 is 0.929 bits per heavy atom. The molecule has 0 bridgehead atoms. The van der Waals surface area contributed by atoms with E-state index in [4.69, 9.17) is 0 Å². The van der Waals surface area contributed by atoms with Gasteiger partial charge in [-0.15, -0.1) is 0 Å². The van der Waals surface area contributed by atoms with Crippen LogP contribution in [0.5, 0.6) is 0 Å². The topological polar surface area (TPSA) is 64.0 Å². The summed E-state index contributed by atoms with van der Waals surface area (Å²) in [6, 6.07) is 24.6. The van der Waals surface area contributed by atoms with Gasteiger partial charge in [0.2, 0.25) is 5.91 Å². The Morgan fingerprint density at radius 3 is 2.43 bits per heavy atom. The van der Waals surface area contributed by atoms with Crippen molar-refractivity contribution in [1.82, 2.24) is 9.55 Å². The summed E-state index contributed by atoms with van der Waals surface area (Å²) in [5.41, 5.74) is 3.07. The van der Waals surface area contributed by atoms with E-state index in [0.29, 0.717) is 22.4 Å². The highest BCUT2D eigenvalue weighted by atomic mass is 16.2. The van der Waals surface area contributed by atoms with E-state index in [-0.39, 0.29) is 18.0 Å². The fraction of sp³-hybridized carbons (Fsp3) is 0.0870. The summed E-state index contributed by atoms with van der Waals surface area (Å²) in [6.45, 7) is 1.64. The number of nitrogens with one attached hydrogen (secondary N) is 1. The van der Waals surface area contributed by atoms with Crippen molar-refractivity contribution in [3.63, 3.8) is 0 Å². The van der Waals surface area contributed by atoms with Crippen LogP contribution < -0.4 is 10.9 Å². The average Bonchev–Trinajstić information content (AvgIpc) is 2.72. The lowest BCUT2D eigenvalue weighted by molar-refractivity contribution is -0.116. The molecule has 0 atom stereocenters. The van der Waals surface area contributed by atoms with E-state index in [1.807, 2.05) is 60.7 Å². The molecular weight excluding hydrogens is 350 g/mol. The van der Waals surface area contributed by atoms with Crippen LogP contribution in [0, 0.1) is 6.92 Å². The maximum atomic E-state index is 12.8. The number of fused-ring (bicyclic) bond motifs is 1. The van der Waals surface area contributed by atoms with E-state index in [1.54, 1.807) is 25.1 Å². The first-order valence-electron chi connectivity index (χ1n) is 9.04. The van der Waals surface area contributed by atoms with Crippen molar-refractivity contribution in [2.75, 3.05) is 5.32 Å². The van der Waals surface area contributed by atoms with Gasteiger partial charge in [0.15, 0.2) is 0 Å². The van der Waals surface area contributed by atoms with Gasteiger partial charge in [-0.1, -0.05) is 60.7 Å². The minimum Gasteiger partial charge on any atom is -0.324 e. The Balaban J connectivity index is 1.63. The van der Waals surface area contributed by atoms with Crippen LogP contribution in [-0.4, -0.2) is 15.5 Å². The Hall–Kier alpha value is -3.73. The molecule has 3 aromatic carbocycles. The van der Waals surface area contributed by atoms with E-state index in [1.165, 1.54) is 4.57 Å². The third-order valence-corrected chi connectivity index (χ3v) is 4.64. The SMILES string of the molecule is Cc1nc2ccccc2c(=O)n1CC(=O)Nc1ccccc1-c1ccccc1. The molecule has 0 aliphatic heterocycles. The van der Waals surface area contributed by atoms with Crippen molar-refractivity contribution in [1.29, 1.82) is 0 Å². The molecule has 0 saturated heterocycles. The molecule has 0 unspecified atom stereocenters. The second-order valence-electron chi connectivity index (χ2n) is 6.53. The summed E-state index contributed by atoms with van der Waals surface area (Å²) in [7, 11) is 0. The largest absolute Gasteiger partial charge is 0.324 e. The predicted octanol–water partition coefficient (Wildman–Crippen LogP) is 4.01. The minimum absolute atomic E-state index is 0.0916. The highest BCUT2D eigenvalue weighted by molar-refractivity contribution is 5.95. The normalized spacial score (nSPS) is 10.8. The van der Waals surface area contributed by atoms with E-state index in [0.717, 1.165) is 11.1 Å². The maximum Gasteiger partial charge on any atom is 0.261 e. The van der Waals surface area contributed by atoms with Crippen LogP contribution in [0.25, 0.3) is 22.0 Å². The van der Waals surface area contributed by atoms with Gasteiger partial charge in [0.1, 0.15) is 12.4 Å². The van der Waals surface area contributed by atoms with E-state index >= 15 is 0 Å². The van der Waals surface area contributed by atoms with Crippen LogP contribution in [0.2, 0.25) is 0 Å². The smallest absolute Gasteiger partial charge is 0.261 e. The van der Waals surface area contributed by atoms with Gasteiger partial charge in [-0.05, 0) is 30.7 Å². The number of anilines is 1. The molecule has 28 heavy (non-hydrogen) atoms. The molecule has 0 spiro atoms. The summed E-state index contributed by atoms with van der Waals surface area (Å²) < 4.78 is 1.41. The first kappa shape index (κ1) is 17.7. The Labute approximate surface area is 162 Å². The molecule has 138 valence electrons. The molecule has 0 saturated carbocycles. The second kappa shape index (κ2) is 7.48. The lowest BCUT2D eigenvalue weighted by atomic mass is 10.0. The third-order valence-electron chi connectivity index (χ3n) is 4.64. The molecule has 1 aromatic heterocycles. The minimum atomic E-state index is -0.273. The number of nitrogens with zero attached hydrogens (tertiary/aromatic N) is 2. The number of benzene rings is 3. The monoisotopic (exact) mass is 369 g/mol. The molecule has 1 N–H and O–H groups in total. The molecule has 1 heterocycles. The van der Waals surface area contributed by atoms with Crippen molar-refractivity contribution in [2.45, 2.75) is 13.5 Å². The fourth-order valence-corrected chi connectivity index (χ4v) is 3.26. The molecule has 0 fully saturated rings. The molecule has 0 aliphatic carbocycles. The van der Waals surface area contributed by atoms with Gasteiger partial charge in [-0.3, -0.25) is 14.2 Å². The van der Waals surface area contributed by atoms with E-state index in [2.05, 4.69) is 10.3 Å². The van der Waals surface area contributed by atoms with Gasteiger partial charge in [0.25, 0.3) is 5.56 Å². The van der Waals surface area contributed by atoms with Crippen molar-refractivity contribution < 1.29 is 4.79 Å². The number of hydrogen-bond acceptors (Lipinski definition) is 3. The van der Waals surface area contributed by atoms with Gasteiger partial charge >= 0.3 is 0 Å². The van der Waals surface area contributed by atoms with Crippen LogP contribution in [0.15, 0.2) is 83.7 Å². The molecule has 0 radical (unpaired) electrons. The summed E-state index contributed by atoms with van der Waals surface area (Å²) in [6.07, 6.45) is 0. The number of carbonyl (C=O) groups excluding carboxylic acids is 1. The zero-order chi connectivity index (χ0) is 19.5. The van der Waals surface area contributed by atoms with Crippen molar-refractivity contribution >= 4 is 22.5 Å².